The molecule has 1 rings (SSSR count). The smallest absolute Gasteiger partial charge is 0.331 e. The Kier molecular flexibility index (Phi) is 6.33. The number of benzene rings is 1. The molecule has 0 bridgehead atoms. The van der Waals surface area contributed by atoms with Crippen LogP contribution in [0.15, 0.2) is 24.3 Å². The van der Waals surface area contributed by atoms with Crippen LogP contribution in [0.5, 0.6) is 0 Å². The van der Waals surface area contributed by atoms with E-state index in [1.54, 1.807) is 18.2 Å². The van der Waals surface area contributed by atoms with Crippen LogP contribution in [0.2, 0.25) is 0 Å². The van der Waals surface area contributed by atoms with E-state index >= 15 is 0 Å². The fourth-order valence-electron chi connectivity index (χ4n) is 1.88. The number of hydrogen-bond acceptors (Lipinski definition) is 5. The van der Waals surface area contributed by atoms with E-state index in [0.717, 1.165) is 0 Å². The van der Waals surface area contributed by atoms with Crippen molar-refractivity contribution in [3.63, 3.8) is 0 Å². The van der Waals surface area contributed by atoms with Crippen LogP contribution < -0.4 is 11.1 Å². The molecular formula is C14H17ClN2O5. The van der Waals surface area contributed by atoms with Gasteiger partial charge in [-0.05, 0) is 18.6 Å². The monoisotopic (exact) mass is 328 g/mol. The second-order valence-electron chi connectivity index (χ2n) is 4.66. The average Bonchev–Trinajstić information content (AvgIpc) is 2.49. The van der Waals surface area contributed by atoms with Gasteiger partial charge in [-0.2, -0.15) is 0 Å². The summed E-state index contributed by atoms with van der Waals surface area (Å²) in [6, 6.07) is 6.27. The van der Waals surface area contributed by atoms with Crippen molar-refractivity contribution < 1.29 is 24.6 Å². The number of aliphatic carboxylic acids is 2. The van der Waals surface area contributed by atoms with Crippen molar-refractivity contribution >= 4 is 35.0 Å². The van der Waals surface area contributed by atoms with Crippen LogP contribution >= 0.6 is 11.6 Å². The molecule has 0 aromatic heterocycles. The number of carboxylic acid groups (broad SMARTS) is 2. The molecule has 1 unspecified atom stereocenters. The lowest BCUT2D eigenvalue weighted by Crippen LogP contribution is -2.55. The molecular weight excluding hydrogens is 312 g/mol. The summed E-state index contributed by atoms with van der Waals surface area (Å²) in [5, 5.41) is 20.9. The highest BCUT2D eigenvalue weighted by molar-refractivity contribution is 6.19. The maximum Gasteiger partial charge on any atom is 0.331 e. The van der Waals surface area contributed by atoms with Gasteiger partial charge in [0.25, 0.3) is 0 Å². The number of rotatable bonds is 9. The van der Waals surface area contributed by atoms with Crippen LogP contribution in [0, 0.1) is 0 Å². The number of hydrogen-bond donors (Lipinski definition) is 4. The molecule has 22 heavy (non-hydrogen) atoms. The molecule has 0 saturated carbocycles. The first-order valence-electron chi connectivity index (χ1n) is 6.50. The van der Waals surface area contributed by atoms with E-state index in [2.05, 4.69) is 5.32 Å². The quantitative estimate of drug-likeness (QED) is 0.304. The predicted molar refractivity (Wildman–Crippen MR) is 81.4 cm³/mol. The molecule has 0 fully saturated rings. The zero-order valence-corrected chi connectivity index (χ0v) is 12.5. The highest BCUT2D eigenvalue weighted by Gasteiger charge is 2.43. The topological polar surface area (TPSA) is 130 Å². The Hall–Kier alpha value is -2.12. The number of nitrogens with two attached hydrogens (primary N) is 1. The Labute approximate surface area is 132 Å². The van der Waals surface area contributed by atoms with Gasteiger partial charge < -0.3 is 21.3 Å². The van der Waals surface area contributed by atoms with Crippen LogP contribution in [-0.4, -0.2) is 45.9 Å². The summed E-state index contributed by atoms with van der Waals surface area (Å²) < 4.78 is 0. The molecule has 1 aromatic rings. The highest BCUT2D eigenvalue weighted by atomic mass is 35.5. The third kappa shape index (κ3) is 4.19. The van der Waals surface area contributed by atoms with Gasteiger partial charge in [0.2, 0.25) is 0 Å². The third-order valence-electron chi connectivity index (χ3n) is 3.10. The van der Waals surface area contributed by atoms with Crippen LogP contribution in [-0.2, 0) is 9.59 Å². The predicted octanol–water partition coefficient (Wildman–Crippen LogP) is 1.17. The Morgan fingerprint density at radius 3 is 2.41 bits per heavy atom. The SMILES string of the molecule is NC(CCC(=O)O)(C(=O)O)C(=O)c1ccccc1NCCCl. The van der Waals surface area contributed by atoms with Gasteiger partial charge in [-0.3, -0.25) is 9.59 Å². The summed E-state index contributed by atoms with van der Waals surface area (Å²) in [5.41, 5.74) is 3.89. The van der Waals surface area contributed by atoms with Crippen molar-refractivity contribution in [1.29, 1.82) is 0 Å². The molecule has 8 heteroatoms. The van der Waals surface area contributed by atoms with Crippen molar-refractivity contribution in [3.05, 3.63) is 29.8 Å². The van der Waals surface area contributed by atoms with Crippen molar-refractivity contribution in [2.45, 2.75) is 18.4 Å². The first-order chi connectivity index (χ1) is 10.3. The van der Waals surface area contributed by atoms with Crippen molar-refractivity contribution in [2.24, 2.45) is 5.73 Å². The van der Waals surface area contributed by atoms with Gasteiger partial charge in [-0.1, -0.05) is 12.1 Å². The minimum atomic E-state index is -2.29. The van der Waals surface area contributed by atoms with Crippen LogP contribution in [0.1, 0.15) is 23.2 Å². The molecule has 120 valence electrons. The molecule has 0 radical (unpaired) electrons. The fourth-order valence-corrected chi connectivity index (χ4v) is 1.97. The van der Waals surface area contributed by atoms with Crippen molar-refractivity contribution in [2.75, 3.05) is 17.7 Å². The summed E-state index contributed by atoms with van der Waals surface area (Å²) >= 11 is 5.58. The van der Waals surface area contributed by atoms with Gasteiger partial charge >= 0.3 is 11.9 Å². The first kappa shape index (κ1) is 17.9. The summed E-state index contributed by atoms with van der Waals surface area (Å²) in [4.78, 5) is 34.6. The molecule has 0 heterocycles. The lowest BCUT2D eigenvalue weighted by Gasteiger charge is -2.24. The van der Waals surface area contributed by atoms with Gasteiger partial charge in [0.05, 0.1) is 0 Å². The number of halogens is 1. The lowest BCUT2D eigenvalue weighted by molar-refractivity contribution is -0.142. The number of nitrogens with one attached hydrogen (secondary N) is 1. The number of anilines is 1. The third-order valence-corrected chi connectivity index (χ3v) is 3.29. The number of alkyl halides is 1. The van der Waals surface area contributed by atoms with E-state index in [9.17, 15) is 19.5 Å². The molecule has 0 amide bonds. The summed E-state index contributed by atoms with van der Waals surface area (Å²) in [6.45, 7) is 0.381. The molecule has 0 aliphatic heterocycles. The first-order valence-corrected chi connectivity index (χ1v) is 7.04. The zero-order valence-electron chi connectivity index (χ0n) is 11.7. The minimum absolute atomic E-state index is 0.0860. The molecule has 5 N–H and O–H groups in total. The number of Topliss-reactive ketones (excluding diaryl/α,β-unsaturated/α-hetero) is 1. The molecule has 0 saturated heterocycles. The maximum absolute atomic E-state index is 12.5. The molecule has 7 nitrogen and oxygen atoms in total. The van der Waals surface area contributed by atoms with Gasteiger partial charge in [-0.25, -0.2) is 4.79 Å². The number of carbonyl (C=O) groups excluding carboxylic acids is 1. The van der Waals surface area contributed by atoms with Gasteiger partial charge in [0.1, 0.15) is 0 Å². The molecule has 1 aromatic carbocycles. The van der Waals surface area contributed by atoms with E-state index < -0.39 is 36.1 Å². The highest BCUT2D eigenvalue weighted by Crippen LogP contribution is 2.23. The summed E-state index contributed by atoms with van der Waals surface area (Å²) in [6.07, 6.45) is -1.02. The Bertz CT molecular complexity index is 578. The number of carbonyl (C=O) groups is 3. The second-order valence-corrected chi connectivity index (χ2v) is 5.04. The van der Waals surface area contributed by atoms with Crippen LogP contribution in [0.3, 0.4) is 0 Å². The zero-order chi connectivity index (χ0) is 16.8. The number of ketones is 1. The van der Waals surface area contributed by atoms with E-state index in [0.29, 0.717) is 18.1 Å². The van der Waals surface area contributed by atoms with Crippen molar-refractivity contribution in [1.82, 2.24) is 0 Å². The number of para-hydroxylation sites is 1. The Morgan fingerprint density at radius 1 is 1.23 bits per heavy atom. The standard InChI is InChI=1S/C14H17ClN2O5/c15-7-8-17-10-4-2-1-3-9(10)12(20)14(16,13(21)22)6-5-11(18)19/h1-4,17H,5-8,16H2,(H,18,19)(H,21,22). The number of carboxylic acids is 2. The molecule has 0 aliphatic rings. The Morgan fingerprint density at radius 2 is 1.86 bits per heavy atom. The molecule has 0 aliphatic carbocycles. The van der Waals surface area contributed by atoms with E-state index in [-0.39, 0.29) is 5.56 Å². The molecule has 0 spiro atoms. The van der Waals surface area contributed by atoms with E-state index in [1.807, 2.05) is 0 Å². The Balaban J connectivity index is 3.14. The minimum Gasteiger partial charge on any atom is -0.481 e. The second kappa shape index (κ2) is 7.77. The normalized spacial score (nSPS) is 13.2. The van der Waals surface area contributed by atoms with Gasteiger partial charge in [0.15, 0.2) is 11.3 Å². The summed E-state index contributed by atoms with van der Waals surface area (Å²) in [7, 11) is 0. The van der Waals surface area contributed by atoms with E-state index in [1.165, 1.54) is 6.07 Å². The van der Waals surface area contributed by atoms with Gasteiger partial charge in [0, 0.05) is 30.1 Å². The average molecular weight is 329 g/mol. The lowest BCUT2D eigenvalue weighted by atomic mass is 9.85. The molecule has 1 atom stereocenters. The van der Waals surface area contributed by atoms with Crippen LogP contribution in [0.25, 0.3) is 0 Å². The fraction of sp³-hybridized carbons (Fsp3) is 0.357. The summed E-state index contributed by atoms with van der Waals surface area (Å²) in [5.74, 6) is -3.34. The van der Waals surface area contributed by atoms with Crippen molar-refractivity contribution in [3.8, 4) is 0 Å². The maximum atomic E-state index is 12.5. The van der Waals surface area contributed by atoms with E-state index in [4.69, 9.17) is 22.4 Å². The largest absolute Gasteiger partial charge is 0.481 e. The van der Waals surface area contributed by atoms with Crippen LogP contribution in [0.4, 0.5) is 5.69 Å². The van der Waals surface area contributed by atoms with Gasteiger partial charge in [-0.15, -0.1) is 11.6 Å².